The van der Waals surface area contributed by atoms with Crippen LogP contribution in [0.5, 0.6) is 34.5 Å². The molecule has 0 spiro atoms. The maximum atomic E-state index is 7.10. The molecule has 0 saturated heterocycles. The first-order valence-corrected chi connectivity index (χ1v) is 18.1. The Bertz CT molecular complexity index is 2710. The summed E-state index contributed by atoms with van der Waals surface area (Å²) in [4.78, 5) is 0. The van der Waals surface area contributed by atoms with Crippen molar-refractivity contribution in [1.82, 2.24) is 0 Å². The first-order chi connectivity index (χ1) is 26.3. The molecule has 0 amide bonds. The smallest absolute Gasteiger partial charge is 0.260 e. The Morgan fingerprint density at radius 2 is 0.774 bits per heavy atom. The summed E-state index contributed by atoms with van der Waals surface area (Å²) in [5.41, 5.74) is 13.5. The van der Waals surface area contributed by atoms with Crippen molar-refractivity contribution < 1.29 is 14.2 Å². The van der Waals surface area contributed by atoms with Gasteiger partial charge in [-0.2, -0.15) is 0 Å². The van der Waals surface area contributed by atoms with Crippen LogP contribution in [0.3, 0.4) is 0 Å². The standard InChI is InChI=1S/C48H30B2O3/c1-4-14-31(15-5-1)34-24-25-39-43(28-34)51-44-29-35(32-16-6-2-7-17-32)30-45-46(44)50(39)41-27-26-40-47(48(41)53-45)52-42-23-13-12-22-38(42)49(40)37-21-11-10-20-36(37)33-18-8-3-9-19-33/h1-30H. The van der Waals surface area contributed by atoms with Crippen molar-refractivity contribution in [1.29, 1.82) is 0 Å². The van der Waals surface area contributed by atoms with Crippen LogP contribution in [-0.2, 0) is 0 Å². The fourth-order valence-corrected chi connectivity index (χ4v) is 8.54. The lowest BCUT2D eigenvalue weighted by atomic mass is 9.32. The second kappa shape index (κ2) is 11.9. The van der Waals surface area contributed by atoms with Crippen LogP contribution in [0.25, 0.3) is 33.4 Å². The van der Waals surface area contributed by atoms with E-state index < -0.39 is 0 Å². The molecule has 0 atom stereocenters. The summed E-state index contributed by atoms with van der Waals surface area (Å²) in [6, 6.07) is 64.2. The summed E-state index contributed by atoms with van der Waals surface area (Å²) < 4.78 is 20.9. The summed E-state index contributed by atoms with van der Waals surface area (Å²) in [6.45, 7) is -0.174. The van der Waals surface area contributed by atoms with Gasteiger partial charge in [-0.1, -0.05) is 163 Å². The third kappa shape index (κ3) is 4.78. The van der Waals surface area contributed by atoms with Crippen molar-refractivity contribution in [3.63, 3.8) is 0 Å². The summed E-state index contributed by atoms with van der Waals surface area (Å²) >= 11 is 0. The Labute approximate surface area is 309 Å². The first kappa shape index (κ1) is 30.0. The van der Waals surface area contributed by atoms with Gasteiger partial charge in [0.05, 0.1) is 0 Å². The number of fused-ring (bicyclic) bond motifs is 7. The molecule has 3 aliphatic heterocycles. The molecule has 3 aliphatic rings. The average molecular weight is 676 g/mol. The molecule has 0 aliphatic carbocycles. The molecule has 5 heteroatoms. The van der Waals surface area contributed by atoms with Crippen LogP contribution in [0.4, 0.5) is 0 Å². The topological polar surface area (TPSA) is 27.7 Å². The summed E-state index contributed by atoms with van der Waals surface area (Å²) in [5.74, 6) is 4.82. The molecule has 0 fully saturated rings. The molecular formula is C48H30B2O3. The largest absolute Gasteiger partial charge is 0.458 e. The van der Waals surface area contributed by atoms with Crippen LogP contribution < -0.4 is 47.0 Å². The lowest BCUT2D eigenvalue weighted by Gasteiger charge is -2.36. The molecule has 53 heavy (non-hydrogen) atoms. The van der Waals surface area contributed by atoms with Gasteiger partial charge < -0.3 is 14.2 Å². The van der Waals surface area contributed by atoms with E-state index in [2.05, 4.69) is 164 Å². The minimum atomic E-state index is -0.108. The molecule has 0 bridgehead atoms. The second-order valence-corrected chi connectivity index (χ2v) is 13.9. The normalized spacial score (nSPS) is 12.9. The highest BCUT2D eigenvalue weighted by Gasteiger charge is 2.44. The van der Waals surface area contributed by atoms with Gasteiger partial charge >= 0.3 is 0 Å². The molecule has 11 rings (SSSR count). The second-order valence-electron chi connectivity index (χ2n) is 13.9. The monoisotopic (exact) mass is 676 g/mol. The van der Waals surface area contributed by atoms with Gasteiger partial charge in [-0.15, -0.1) is 0 Å². The molecule has 0 radical (unpaired) electrons. The van der Waals surface area contributed by atoms with E-state index in [0.29, 0.717) is 0 Å². The average Bonchev–Trinajstić information content (AvgIpc) is 3.23. The fourth-order valence-electron chi connectivity index (χ4n) is 8.54. The Balaban J connectivity index is 1.14. The van der Waals surface area contributed by atoms with Crippen LogP contribution in [0, 0.1) is 0 Å². The van der Waals surface area contributed by atoms with Crippen molar-refractivity contribution in [3.8, 4) is 67.9 Å². The highest BCUT2D eigenvalue weighted by molar-refractivity contribution is 7.00. The van der Waals surface area contributed by atoms with E-state index in [-0.39, 0.29) is 13.4 Å². The van der Waals surface area contributed by atoms with E-state index in [1.165, 1.54) is 16.6 Å². The Morgan fingerprint density at radius 3 is 1.49 bits per heavy atom. The van der Waals surface area contributed by atoms with Gasteiger partial charge in [0.1, 0.15) is 23.0 Å². The summed E-state index contributed by atoms with van der Waals surface area (Å²) in [5, 5.41) is 0. The summed E-state index contributed by atoms with van der Waals surface area (Å²) in [6.07, 6.45) is 0. The van der Waals surface area contributed by atoms with E-state index in [9.17, 15) is 0 Å². The van der Waals surface area contributed by atoms with Crippen molar-refractivity contribution >= 4 is 46.2 Å². The van der Waals surface area contributed by atoms with E-state index in [1.54, 1.807) is 0 Å². The molecule has 3 nitrogen and oxygen atoms in total. The molecular weight excluding hydrogens is 646 g/mol. The number of benzene rings is 8. The van der Waals surface area contributed by atoms with Gasteiger partial charge in [0.25, 0.3) is 13.4 Å². The minimum absolute atomic E-state index is 0.0664. The minimum Gasteiger partial charge on any atom is -0.458 e. The number of rotatable bonds is 4. The number of ether oxygens (including phenoxy) is 3. The SMILES string of the molecule is c1ccc(-c2ccc3c(c2)Oc2cc(-c4ccccc4)cc4c2B3c2ccc3c(c2O4)Oc2ccccc2B3c2ccccc2-c2ccccc2)cc1. The van der Waals surface area contributed by atoms with Gasteiger partial charge in [-0.3, -0.25) is 0 Å². The summed E-state index contributed by atoms with van der Waals surface area (Å²) in [7, 11) is 0. The van der Waals surface area contributed by atoms with E-state index in [0.717, 1.165) is 84.1 Å². The zero-order valence-corrected chi connectivity index (χ0v) is 28.7. The number of hydrogen-bond donors (Lipinski definition) is 0. The molecule has 3 heterocycles. The lowest BCUT2D eigenvalue weighted by Crippen LogP contribution is -2.59. The van der Waals surface area contributed by atoms with Gasteiger partial charge in [-0.05, 0) is 79.5 Å². The lowest BCUT2D eigenvalue weighted by molar-refractivity contribution is 0.421. The molecule has 8 aromatic rings. The van der Waals surface area contributed by atoms with Crippen LogP contribution in [0.2, 0.25) is 0 Å². The van der Waals surface area contributed by atoms with Crippen LogP contribution in [0.1, 0.15) is 0 Å². The van der Waals surface area contributed by atoms with Gasteiger partial charge in [0.2, 0.25) is 0 Å². The Morgan fingerprint density at radius 1 is 0.283 bits per heavy atom. The van der Waals surface area contributed by atoms with Crippen LogP contribution in [-0.4, -0.2) is 13.4 Å². The van der Waals surface area contributed by atoms with Crippen molar-refractivity contribution in [2.75, 3.05) is 0 Å². The fraction of sp³-hybridized carbons (Fsp3) is 0. The first-order valence-electron chi connectivity index (χ1n) is 18.1. The number of para-hydroxylation sites is 1. The van der Waals surface area contributed by atoms with E-state index >= 15 is 0 Å². The highest BCUT2D eigenvalue weighted by Crippen LogP contribution is 2.43. The van der Waals surface area contributed by atoms with Crippen molar-refractivity contribution in [3.05, 3.63) is 182 Å². The van der Waals surface area contributed by atoms with E-state index in [4.69, 9.17) is 14.2 Å². The van der Waals surface area contributed by atoms with Crippen LogP contribution in [0.15, 0.2) is 182 Å². The Hall–Kier alpha value is -6.71. The maximum absolute atomic E-state index is 7.10. The quantitative estimate of drug-likeness (QED) is 0.177. The van der Waals surface area contributed by atoms with Crippen molar-refractivity contribution in [2.24, 2.45) is 0 Å². The predicted molar refractivity (Wildman–Crippen MR) is 218 cm³/mol. The Kier molecular flexibility index (Phi) is 6.75. The third-order valence-corrected chi connectivity index (χ3v) is 11.0. The van der Waals surface area contributed by atoms with Crippen LogP contribution >= 0.6 is 0 Å². The van der Waals surface area contributed by atoms with Gasteiger partial charge in [0, 0.05) is 5.46 Å². The zero-order valence-electron chi connectivity index (χ0n) is 28.7. The molecule has 0 N–H and O–H groups in total. The number of hydrogen-bond acceptors (Lipinski definition) is 3. The molecule has 246 valence electrons. The van der Waals surface area contributed by atoms with Crippen molar-refractivity contribution in [2.45, 2.75) is 0 Å². The van der Waals surface area contributed by atoms with Gasteiger partial charge in [0.15, 0.2) is 11.5 Å². The molecule has 8 aromatic carbocycles. The zero-order chi connectivity index (χ0) is 34.9. The van der Waals surface area contributed by atoms with Gasteiger partial charge in [-0.25, -0.2) is 0 Å². The molecule has 0 saturated carbocycles. The van der Waals surface area contributed by atoms with E-state index in [1.807, 2.05) is 18.2 Å². The predicted octanol–water partition coefficient (Wildman–Crippen LogP) is 8.04. The molecule has 0 unspecified atom stereocenters. The molecule has 0 aromatic heterocycles. The highest BCUT2D eigenvalue weighted by atomic mass is 16.5. The third-order valence-electron chi connectivity index (χ3n) is 11.0. The maximum Gasteiger partial charge on any atom is 0.260 e.